The Morgan fingerprint density at radius 1 is 1.10 bits per heavy atom. The van der Waals surface area contributed by atoms with Crippen LogP contribution >= 0.6 is 0 Å². The maximum absolute atomic E-state index is 11.6. The first kappa shape index (κ1) is 13.8. The van der Waals surface area contributed by atoms with Crippen LogP contribution in [0.3, 0.4) is 0 Å². The average Bonchev–Trinajstić information content (AvgIpc) is 2.44. The van der Waals surface area contributed by atoms with Gasteiger partial charge in [0.15, 0.2) is 6.04 Å². The first-order valence-corrected chi connectivity index (χ1v) is 6.00. The lowest BCUT2D eigenvalue weighted by molar-refractivity contribution is -0.140. The quantitative estimate of drug-likeness (QED) is 0.677. The third-order valence-corrected chi connectivity index (χ3v) is 2.79. The molecule has 1 atom stereocenters. The van der Waals surface area contributed by atoms with Crippen LogP contribution in [-0.2, 0) is 4.79 Å². The second-order valence-electron chi connectivity index (χ2n) is 4.23. The maximum atomic E-state index is 11.6. The molecule has 0 aliphatic carbocycles. The van der Waals surface area contributed by atoms with Gasteiger partial charge in [-0.3, -0.25) is 0 Å². The number of rotatable bonds is 4. The number of carboxylic acid groups (broad SMARTS) is 1. The Bertz CT molecular complexity index is 642. The number of fused-ring (bicyclic) bond motifs is 1. The van der Waals surface area contributed by atoms with E-state index >= 15 is 0 Å². The summed E-state index contributed by atoms with van der Waals surface area (Å²) in [5.41, 5.74) is 0.545. The summed E-state index contributed by atoms with van der Waals surface area (Å²) in [4.78, 5) is 22.3. The van der Waals surface area contributed by atoms with Gasteiger partial charge in [-0.15, -0.1) is 0 Å². The maximum Gasteiger partial charge on any atom is 0.328 e. The number of carbonyl (C=O) groups is 2. The number of aliphatic hydroxyl groups excluding tert-OH is 1. The summed E-state index contributed by atoms with van der Waals surface area (Å²) >= 11 is 0. The number of benzene rings is 2. The van der Waals surface area contributed by atoms with E-state index in [2.05, 4.69) is 10.6 Å². The number of carboxylic acids is 1. The van der Waals surface area contributed by atoms with Crippen LogP contribution in [0.25, 0.3) is 10.8 Å². The number of aliphatic carboxylic acids is 1. The minimum absolute atomic E-state index is 0.545. The Morgan fingerprint density at radius 3 is 2.45 bits per heavy atom. The minimum Gasteiger partial charge on any atom is -0.480 e. The molecule has 0 heterocycles. The molecule has 6 heteroatoms. The lowest BCUT2D eigenvalue weighted by Crippen LogP contribution is -2.45. The predicted octanol–water partition coefficient (Wildman–Crippen LogP) is 1.41. The molecular formula is C14H14N2O4. The van der Waals surface area contributed by atoms with Crippen LogP contribution in [-0.4, -0.2) is 34.9 Å². The summed E-state index contributed by atoms with van der Waals surface area (Å²) in [6, 6.07) is 11.0. The molecular weight excluding hydrogens is 260 g/mol. The van der Waals surface area contributed by atoms with Gasteiger partial charge in [0.05, 0.1) is 6.61 Å². The Hall–Kier alpha value is -2.60. The van der Waals surface area contributed by atoms with Crippen molar-refractivity contribution in [3.05, 3.63) is 42.5 Å². The highest BCUT2D eigenvalue weighted by atomic mass is 16.4. The van der Waals surface area contributed by atoms with Crippen LogP contribution in [0.15, 0.2) is 42.5 Å². The molecule has 0 saturated carbocycles. The van der Waals surface area contributed by atoms with Crippen LogP contribution in [0.5, 0.6) is 0 Å². The number of carbonyl (C=O) groups excluding carboxylic acids is 1. The van der Waals surface area contributed by atoms with E-state index in [9.17, 15) is 9.59 Å². The van der Waals surface area contributed by atoms with Gasteiger partial charge in [-0.2, -0.15) is 0 Å². The van der Waals surface area contributed by atoms with Crippen molar-refractivity contribution in [1.29, 1.82) is 0 Å². The molecule has 2 rings (SSSR count). The Labute approximate surface area is 115 Å². The molecule has 0 spiro atoms. The van der Waals surface area contributed by atoms with Gasteiger partial charge < -0.3 is 20.8 Å². The summed E-state index contributed by atoms with van der Waals surface area (Å²) in [5.74, 6) is -1.29. The van der Waals surface area contributed by atoms with Gasteiger partial charge >= 0.3 is 12.0 Å². The molecule has 0 aromatic heterocycles. The van der Waals surface area contributed by atoms with E-state index in [0.717, 1.165) is 10.8 Å². The van der Waals surface area contributed by atoms with Crippen LogP contribution in [0, 0.1) is 0 Å². The topological polar surface area (TPSA) is 98.7 Å². The number of aliphatic hydroxyl groups is 1. The van der Waals surface area contributed by atoms with E-state index in [4.69, 9.17) is 10.2 Å². The molecule has 1 unspecified atom stereocenters. The van der Waals surface area contributed by atoms with Crippen LogP contribution < -0.4 is 10.6 Å². The standard InChI is InChI=1S/C14H14N2O4/c17-8-12(13(18)19)16-14(20)15-11-6-5-9-3-1-2-4-10(9)7-11/h1-7,12,17H,8H2,(H,18,19)(H2,15,16,20). The normalized spacial score (nSPS) is 11.8. The molecule has 0 aliphatic heterocycles. The number of urea groups is 1. The second kappa shape index (κ2) is 6.03. The third-order valence-electron chi connectivity index (χ3n) is 2.79. The fourth-order valence-electron chi connectivity index (χ4n) is 1.78. The van der Waals surface area contributed by atoms with Crippen molar-refractivity contribution >= 4 is 28.5 Å². The summed E-state index contributed by atoms with van der Waals surface area (Å²) in [5, 5.41) is 24.2. The lowest BCUT2D eigenvalue weighted by Gasteiger charge is -2.13. The fraction of sp³-hybridized carbons (Fsp3) is 0.143. The zero-order valence-corrected chi connectivity index (χ0v) is 10.5. The van der Waals surface area contributed by atoms with Crippen LogP contribution in [0.2, 0.25) is 0 Å². The molecule has 20 heavy (non-hydrogen) atoms. The van der Waals surface area contributed by atoms with Gasteiger partial charge in [0, 0.05) is 5.69 Å². The van der Waals surface area contributed by atoms with Crippen molar-refractivity contribution in [1.82, 2.24) is 5.32 Å². The molecule has 0 radical (unpaired) electrons. The molecule has 2 amide bonds. The third kappa shape index (κ3) is 3.24. The van der Waals surface area contributed by atoms with E-state index in [1.54, 1.807) is 12.1 Å². The molecule has 2 aromatic rings. The van der Waals surface area contributed by atoms with Crippen LogP contribution in [0.1, 0.15) is 0 Å². The van der Waals surface area contributed by atoms with Crippen molar-refractivity contribution < 1.29 is 19.8 Å². The van der Waals surface area contributed by atoms with Gasteiger partial charge in [0.2, 0.25) is 0 Å². The summed E-state index contributed by atoms with van der Waals surface area (Å²) in [6.07, 6.45) is 0. The Balaban J connectivity index is 2.07. The largest absolute Gasteiger partial charge is 0.480 e. The molecule has 4 N–H and O–H groups in total. The Kier molecular flexibility index (Phi) is 4.17. The number of nitrogens with one attached hydrogen (secondary N) is 2. The molecule has 0 saturated heterocycles. The fourth-order valence-corrected chi connectivity index (χ4v) is 1.78. The van der Waals surface area contributed by atoms with Crippen molar-refractivity contribution in [2.75, 3.05) is 11.9 Å². The van der Waals surface area contributed by atoms with Gasteiger partial charge in [0.1, 0.15) is 0 Å². The summed E-state index contributed by atoms with van der Waals surface area (Å²) in [6.45, 7) is -0.666. The van der Waals surface area contributed by atoms with Gasteiger partial charge in [-0.1, -0.05) is 30.3 Å². The van der Waals surface area contributed by atoms with Crippen molar-refractivity contribution in [3.63, 3.8) is 0 Å². The number of amides is 2. The van der Waals surface area contributed by atoms with Gasteiger partial charge in [-0.05, 0) is 22.9 Å². The highest BCUT2D eigenvalue weighted by Crippen LogP contribution is 2.18. The molecule has 0 aliphatic rings. The first-order chi connectivity index (χ1) is 9.60. The average molecular weight is 274 g/mol. The molecule has 6 nitrogen and oxygen atoms in total. The van der Waals surface area contributed by atoms with Gasteiger partial charge in [0.25, 0.3) is 0 Å². The Morgan fingerprint density at radius 2 is 1.80 bits per heavy atom. The molecule has 104 valence electrons. The molecule has 0 fully saturated rings. The monoisotopic (exact) mass is 274 g/mol. The number of hydrogen-bond donors (Lipinski definition) is 4. The highest BCUT2D eigenvalue weighted by molar-refractivity contribution is 5.95. The zero-order valence-electron chi connectivity index (χ0n) is 10.5. The predicted molar refractivity (Wildman–Crippen MR) is 74.6 cm³/mol. The molecule has 2 aromatic carbocycles. The van der Waals surface area contributed by atoms with Gasteiger partial charge in [-0.25, -0.2) is 9.59 Å². The van der Waals surface area contributed by atoms with Crippen molar-refractivity contribution in [2.45, 2.75) is 6.04 Å². The van der Waals surface area contributed by atoms with E-state index in [-0.39, 0.29) is 0 Å². The number of hydrogen-bond acceptors (Lipinski definition) is 3. The highest BCUT2D eigenvalue weighted by Gasteiger charge is 2.18. The zero-order chi connectivity index (χ0) is 14.5. The van der Waals surface area contributed by atoms with E-state index < -0.39 is 24.6 Å². The summed E-state index contributed by atoms with van der Waals surface area (Å²) < 4.78 is 0. The molecule has 0 bridgehead atoms. The number of anilines is 1. The van der Waals surface area contributed by atoms with Crippen molar-refractivity contribution in [3.8, 4) is 0 Å². The SMILES string of the molecule is O=C(Nc1ccc2ccccc2c1)NC(CO)C(=O)O. The van der Waals surface area contributed by atoms with E-state index in [1.165, 1.54) is 0 Å². The second-order valence-corrected chi connectivity index (χ2v) is 4.23. The lowest BCUT2D eigenvalue weighted by atomic mass is 10.1. The summed E-state index contributed by atoms with van der Waals surface area (Å²) in [7, 11) is 0. The smallest absolute Gasteiger partial charge is 0.328 e. The van der Waals surface area contributed by atoms with Crippen LogP contribution in [0.4, 0.5) is 10.5 Å². The first-order valence-electron chi connectivity index (χ1n) is 6.00. The van der Waals surface area contributed by atoms with Crippen molar-refractivity contribution in [2.24, 2.45) is 0 Å². The minimum atomic E-state index is -1.32. The van der Waals surface area contributed by atoms with E-state index in [1.807, 2.05) is 30.3 Å². The van der Waals surface area contributed by atoms with E-state index in [0.29, 0.717) is 5.69 Å².